The van der Waals surface area contributed by atoms with E-state index in [2.05, 4.69) is 50.5 Å². The molecule has 0 bridgehead atoms. The average Bonchev–Trinajstić information content (AvgIpc) is 3.53. The highest BCUT2D eigenvalue weighted by Crippen LogP contribution is 2.42. The number of rotatable bonds is 4. The van der Waals surface area contributed by atoms with E-state index < -0.39 is 0 Å². The Balaban J connectivity index is 1.38. The number of fused-ring (bicyclic) bond motifs is 2. The summed E-state index contributed by atoms with van der Waals surface area (Å²) < 4.78 is 11.7. The predicted octanol–water partition coefficient (Wildman–Crippen LogP) is 3.69. The molecule has 2 N–H and O–H groups in total. The van der Waals surface area contributed by atoms with Crippen molar-refractivity contribution in [1.29, 1.82) is 0 Å². The van der Waals surface area contributed by atoms with Crippen LogP contribution in [0.2, 0.25) is 0 Å². The summed E-state index contributed by atoms with van der Waals surface area (Å²) in [7, 11) is 0. The number of benzene rings is 1. The maximum atomic E-state index is 6.15. The van der Waals surface area contributed by atoms with Crippen LogP contribution in [0.3, 0.4) is 0 Å². The minimum atomic E-state index is 0.155. The van der Waals surface area contributed by atoms with Crippen molar-refractivity contribution >= 4 is 16.7 Å². The number of nitrogens with one attached hydrogen (secondary N) is 2. The van der Waals surface area contributed by atoms with E-state index in [1.807, 2.05) is 12.3 Å². The molecule has 0 amide bonds. The van der Waals surface area contributed by atoms with Crippen molar-refractivity contribution in [2.75, 3.05) is 38.2 Å². The van der Waals surface area contributed by atoms with E-state index in [1.54, 1.807) is 0 Å². The number of hydrogen-bond acceptors (Lipinski definition) is 5. The van der Waals surface area contributed by atoms with Gasteiger partial charge >= 0.3 is 0 Å². The van der Waals surface area contributed by atoms with Gasteiger partial charge in [-0.25, -0.2) is 4.98 Å². The fourth-order valence-corrected chi connectivity index (χ4v) is 4.70. The van der Waals surface area contributed by atoms with E-state index in [0.29, 0.717) is 12.5 Å². The Labute approximate surface area is 170 Å². The molecular formula is C23H26N4O2. The summed E-state index contributed by atoms with van der Waals surface area (Å²) in [6.07, 6.45) is 4.46. The molecule has 150 valence electrons. The largest absolute Gasteiger partial charge is 0.491 e. The van der Waals surface area contributed by atoms with Gasteiger partial charge in [-0.15, -0.1) is 0 Å². The first-order chi connectivity index (χ1) is 14.4. The Bertz CT molecular complexity index is 1020. The van der Waals surface area contributed by atoms with Crippen LogP contribution >= 0.6 is 0 Å². The first-order valence-corrected chi connectivity index (χ1v) is 10.6. The summed E-state index contributed by atoms with van der Waals surface area (Å²) in [4.78, 5) is 10.6. The maximum Gasteiger partial charge on any atom is 0.139 e. The molecule has 3 aliphatic rings. The molecule has 1 saturated carbocycles. The van der Waals surface area contributed by atoms with Gasteiger partial charge in [0.25, 0.3) is 0 Å². The van der Waals surface area contributed by atoms with Gasteiger partial charge in [-0.05, 0) is 37.0 Å². The Morgan fingerprint density at radius 1 is 1.10 bits per heavy atom. The first-order valence-electron chi connectivity index (χ1n) is 10.6. The Hall–Kier alpha value is -2.57. The van der Waals surface area contributed by atoms with Gasteiger partial charge in [-0.3, -0.25) is 4.90 Å². The van der Waals surface area contributed by atoms with E-state index in [-0.39, 0.29) is 12.1 Å². The summed E-state index contributed by atoms with van der Waals surface area (Å²) in [5.74, 6) is 1.66. The third-order valence-electron chi connectivity index (χ3n) is 6.44. The fourth-order valence-electron chi connectivity index (χ4n) is 4.70. The molecule has 0 unspecified atom stereocenters. The number of ether oxygens (including phenoxy) is 2. The number of para-hydroxylation sites is 1. The van der Waals surface area contributed by atoms with Crippen LogP contribution in [0.4, 0.5) is 5.69 Å². The van der Waals surface area contributed by atoms with Gasteiger partial charge in [0, 0.05) is 41.6 Å². The quantitative estimate of drug-likeness (QED) is 0.711. The van der Waals surface area contributed by atoms with Crippen LogP contribution in [0.15, 0.2) is 42.6 Å². The molecule has 2 fully saturated rings. The van der Waals surface area contributed by atoms with Gasteiger partial charge in [0.15, 0.2) is 0 Å². The van der Waals surface area contributed by atoms with E-state index >= 15 is 0 Å². The smallest absolute Gasteiger partial charge is 0.139 e. The third-order valence-corrected chi connectivity index (χ3v) is 6.44. The van der Waals surface area contributed by atoms with Crippen LogP contribution in [0.1, 0.15) is 36.1 Å². The minimum absolute atomic E-state index is 0.155. The molecule has 6 rings (SSSR count). The normalized spacial score (nSPS) is 24.8. The highest BCUT2D eigenvalue weighted by molar-refractivity contribution is 5.90. The van der Waals surface area contributed by atoms with Crippen LogP contribution in [0, 0.1) is 0 Å². The Morgan fingerprint density at radius 3 is 2.83 bits per heavy atom. The number of nitrogens with zero attached hydrogens (tertiary/aromatic N) is 2. The number of aromatic amines is 1. The summed E-state index contributed by atoms with van der Waals surface area (Å²) in [5.41, 5.74) is 4.65. The monoisotopic (exact) mass is 390 g/mol. The third kappa shape index (κ3) is 3.16. The average molecular weight is 390 g/mol. The summed E-state index contributed by atoms with van der Waals surface area (Å²) in [6.45, 7) is 4.13. The Morgan fingerprint density at radius 2 is 1.97 bits per heavy atom. The highest BCUT2D eigenvalue weighted by Gasteiger charge is 2.36. The zero-order valence-corrected chi connectivity index (χ0v) is 16.4. The lowest BCUT2D eigenvalue weighted by molar-refractivity contribution is -0.00338. The molecule has 4 heterocycles. The standard InChI is InChI=1S/C23H26N4O2/c1-2-4-21-16(3-1)22(20(14-29-21)27-9-11-28-12-10-27)25-18-7-8-24-23-17(18)13-19(26-23)15-5-6-15/h1-4,7-8,13,15,20,22H,5-6,9-12,14H2,(H2,24,25,26)/t20-,22-/m0/s1. The van der Waals surface area contributed by atoms with Crippen molar-refractivity contribution in [1.82, 2.24) is 14.9 Å². The molecule has 3 aromatic rings. The molecule has 1 aromatic carbocycles. The molecule has 6 heteroatoms. The number of aromatic nitrogens is 2. The predicted molar refractivity (Wildman–Crippen MR) is 113 cm³/mol. The molecule has 0 radical (unpaired) electrons. The van der Waals surface area contributed by atoms with Crippen LogP contribution in [0.5, 0.6) is 5.75 Å². The van der Waals surface area contributed by atoms with Crippen LogP contribution in [0.25, 0.3) is 11.0 Å². The van der Waals surface area contributed by atoms with Crippen molar-refractivity contribution in [3.63, 3.8) is 0 Å². The second-order valence-electron chi connectivity index (χ2n) is 8.31. The maximum absolute atomic E-state index is 6.15. The van der Waals surface area contributed by atoms with Crippen molar-refractivity contribution in [3.05, 3.63) is 53.9 Å². The van der Waals surface area contributed by atoms with Crippen LogP contribution in [-0.4, -0.2) is 53.8 Å². The zero-order valence-electron chi connectivity index (χ0n) is 16.4. The molecule has 1 saturated heterocycles. The van der Waals surface area contributed by atoms with Gasteiger partial charge < -0.3 is 19.8 Å². The SMILES string of the molecule is c1ccc2c(c1)OC[C@H](N1CCOCC1)[C@H]2Nc1ccnc2[nH]c(C3CC3)cc12. The second kappa shape index (κ2) is 7.04. The fraction of sp³-hybridized carbons (Fsp3) is 0.435. The van der Waals surface area contributed by atoms with Gasteiger partial charge in [-0.1, -0.05) is 18.2 Å². The molecule has 29 heavy (non-hydrogen) atoms. The van der Waals surface area contributed by atoms with E-state index in [0.717, 1.165) is 43.4 Å². The van der Waals surface area contributed by atoms with Crippen molar-refractivity contribution in [3.8, 4) is 5.75 Å². The lowest BCUT2D eigenvalue weighted by atomic mass is 9.94. The lowest BCUT2D eigenvalue weighted by Crippen LogP contribution is -2.52. The second-order valence-corrected chi connectivity index (χ2v) is 8.31. The molecule has 0 spiro atoms. The van der Waals surface area contributed by atoms with E-state index in [9.17, 15) is 0 Å². The number of hydrogen-bond donors (Lipinski definition) is 2. The first kappa shape index (κ1) is 17.3. The van der Waals surface area contributed by atoms with Gasteiger partial charge in [-0.2, -0.15) is 0 Å². The Kier molecular flexibility index (Phi) is 4.20. The molecule has 2 aromatic heterocycles. The van der Waals surface area contributed by atoms with Crippen LogP contribution in [-0.2, 0) is 4.74 Å². The number of morpholine rings is 1. The molecule has 1 aliphatic carbocycles. The van der Waals surface area contributed by atoms with Gasteiger partial charge in [0.05, 0.1) is 25.3 Å². The zero-order chi connectivity index (χ0) is 19.2. The lowest BCUT2D eigenvalue weighted by Gasteiger charge is -2.42. The summed E-state index contributed by atoms with van der Waals surface area (Å²) in [6, 6.07) is 13.2. The molecule has 2 aliphatic heterocycles. The number of pyridine rings is 1. The molecule has 2 atom stereocenters. The van der Waals surface area contributed by atoms with Crippen LogP contribution < -0.4 is 10.1 Å². The van der Waals surface area contributed by atoms with Gasteiger partial charge in [0.2, 0.25) is 0 Å². The highest BCUT2D eigenvalue weighted by atomic mass is 16.5. The van der Waals surface area contributed by atoms with E-state index in [1.165, 1.54) is 29.5 Å². The van der Waals surface area contributed by atoms with Crippen molar-refractivity contribution in [2.45, 2.75) is 30.8 Å². The van der Waals surface area contributed by atoms with E-state index in [4.69, 9.17) is 9.47 Å². The van der Waals surface area contributed by atoms with Crippen molar-refractivity contribution in [2.24, 2.45) is 0 Å². The number of anilines is 1. The van der Waals surface area contributed by atoms with Gasteiger partial charge in [0.1, 0.15) is 18.0 Å². The van der Waals surface area contributed by atoms with Crippen molar-refractivity contribution < 1.29 is 9.47 Å². The topological polar surface area (TPSA) is 62.4 Å². The molecule has 6 nitrogen and oxygen atoms in total. The summed E-state index contributed by atoms with van der Waals surface area (Å²) in [5, 5.41) is 5.06. The summed E-state index contributed by atoms with van der Waals surface area (Å²) >= 11 is 0. The molecular weight excluding hydrogens is 364 g/mol. The number of H-pyrrole nitrogens is 1. The minimum Gasteiger partial charge on any atom is -0.491 e.